The zero-order valence-electron chi connectivity index (χ0n) is 13.0. The van der Waals surface area contributed by atoms with Crippen molar-refractivity contribution in [3.8, 4) is 0 Å². The number of nitrogens with one attached hydrogen (secondary N) is 1. The Balaban J connectivity index is 1.78. The Morgan fingerprint density at radius 3 is 2.59 bits per heavy atom. The van der Waals surface area contributed by atoms with E-state index < -0.39 is 0 Å². The van der Waals surface area contributed by atoms with E-state index in [9.17, 15) is 4.79 Å². The molecule has 114 valence electrons. The van der Waals surface area contributed by atoms with Gasteiger partial charge in [0.15, 0.2) is 0 Å². The van der Waals surface area contributed by atoms with Crippen LogP contribution in [0.1, 0.15) is 59.3 Å². The van der Waals surface area contributed by atoms with Gasteiger partial charge in [0.2, 0.25) is 0 Å². The summed E-state index contributed by atoms with van der Waals surface area (Å²) in [4.78, 5) is 16.3. The van der Waals surface area contributed by atoms with Crippen molar-refractivity contribution in [3.63, 3.8) is 0 Å². The van der Waals surface area contributed by atoms with Crippen LogP contribution in [-0.4, -0.2) is 10.9 Å². The van der Waals surface area contributed by atoms with Crippen LogP contribution in [0, 0.1) is 0 Å². The number of aryl methyl sites for hydroxylation is 2. The normalized spacial score (nSPS) is 15.0. The van der Waals surface area contributed by atoms with E-state index in [1.165, 1.54) is 36.0 Å². The molecule has 0 aliphatic heterocycles. The van der Waals surface area contributed by atoms with Crippen LogP contribution in [0.3, 0.4) is 0 Å². The largest absolute Gasteiger partial charge is 0.345 e. The molecule has 1 aliphatic carbocycles. The number of carbonyl (C=O) groups excluding carboxylic acids is 1. The Kier molecular flexibility index (Phi) is 4.52. The maximum atomic E-state index is 12.3. The second kappa shape index (κ2) is 6.73. The molecule has 1 atom stereocenters. The predicted octanol–water partition coefficient (Wildman–Crippen LogP) is 3.84. The van der Waals surface area contributed by atoms with E-state index >= 15 is 0 Å². The van der Waals surface area contributed by atoms with Crippen molar-refractivity contribution < 1.29 is 4.79 Å². The minimum absolute atomic E-state index is 0.0352. The summed E-state index contributed by atoms with van der Waals surface area (Å²) in [6.07, 6.45) is 9.10. The van der Waals surface area contributed by atoms with Crippen LogP contribution < -0.4 is 5.32 Å². The summed E-state index contributed by atoms with van der Waals surface area (Å²) in [7, 11) is 0. The van der Waals surface area contributed by atoms with Gasteiger partial charge in [0, 0.05) is 18.0 Å². The van der Waals surface area contributed by atoms with Crippen molar-refractivity contribution in [2.75, 3.05) is 0 Å². The first-order valence-electron chi connectivity index (χ1n) is 8.10. The van der Waals surface area contributed by atoms with Crippen LogP contribution in [0.15, 0.2) is 42.7 Å². The van der Waals surface area contributed by atoms with Gasteiger partial charge in [0.1, 0.15) is 0 Å². The molecule has 1 N–H and O–H groups in total. The molecule has 1 aromatic carbocycles. The zero-order chi connectivity index (χ0) is 15.4. The smallest absolute Gasteiger partial charge is 0.251 e. The van der Waals surface area contributed by atoms with Gasteiger partial charge in [-0.25, -0.2) is 0 Å². The number of benzene rings is 1. The summed E-state index contributed by atoms with van der Waals surface area (Å²) in [5.41, 5.74) is 4.81. The first-order valence-corrected chi connectivity index (χ1v) is 8.10. The molecule has 1 unspecified atom stereocenters. The van der Waals surface area contributed by atoms with E-state index in [1.54, 1.807) is 24.5 Å². The molecule has 0 bridgehead atoms. The van der Waals surface area contributed by atoms with Crippen LogP contribution in [0.2, 0.25) is 0 Å². The topological polar surface area (TPSA) is 42.0 Å². The molecule has 0 fully saturated rings. The maximum Gasteiger partial charge on any atom is 0.251 e. The van der Waals surface area contributed by atoms with Crippen LogP contribution >= 0.6 is 0 Å². The van der Waals surface area contributed by atoms with Gasteiger partial charge in [0.25, 0.3) is 5.91 Å². The lowest BCUT2D eigenvalue weighted by Gasteiger charge is -2.21. The third-order valence-electron chi connectivity index (χ3n) is 4.43. The molecule has 1 amide bonds. The SMILES string of the molecule is CCC(NC(=O)c1ccncc1)c1ccc2c(c1)CCCC2. The fraction of sp³-hybridized carbons (Fsp3) is 0.368. The van der Waals surface area contributed by atoms with Crippen molar-refractivity contribution in [1.82, 2.24) is 10.3 Å². The molecule has 3 heteroatoms. The molecule has 0 saturated carbocycles. The summed E-state index contributed by atoms with van der Waals surface area (Å²) >= 11 is 0. The summed E-state index contributed by atoms with van der Waals surface area (Å²) in [6, 6.07) is 10.3. The number of amides is 1. The lowest BCUT2D eigenvalue weighted by Crippen LogP contribution is -2.28. The fourth-order valence-electron chi connectivity index (χ4n) is 3.14. The minimum atomic E-state index is -0.0352. The van der Waals surface area contributed by atoms with Crippen molar-refractivity contribution in [2.24, 2.45) is 0 Å². The first kappa shape index (κ1) is 14.8. The molecule has 0 spiro atoms. The standard InChI is InChI=1S/C19H22N2O/c1-2-18(21-19(22)15-9-11-20-12-10-15)17-8-7-14-5-3-4-6-16(14)13-17/h7-13,18H,2-6H2,1H3,(H,21,22). The Hall–Kier alpha value is -2.16. The molecular formula is C19H22N2O. The lowest BCUT2D eigenvalue weighted by atomic mass is 9.88. The highest BCUT2D eigenvalue weighted by Crippen LogP contribution is 2.26. The van der Waals surface area contributed by atoms with E-state index in [4.69, 9.17) is 0 Å². The third-order valence-corrected chi connectivity index (χ3v) is 4.43. The third kappa shape index (κ3) is 3.19. The van der Waals surface area contributed by atoms with Gasteiger partial charge >= 0.3 is 0 Å². The van der Waals surface area contributed by atoms with Crippen molar-refractivity contribution in [2.45, 2.75) is 45.1 Å². The number of fused-ring (bicyclic) bond motifs is 1. The average Bonchev–Trinajstić information content (AvgIpc) is 2.59. The molecule has 3 nitrogen and oxygen atoms in total. The van der Waals surface area contributed by atoms with E-state index in [2.05, 4.69) is 35.4 Å². The van der Waals surface area contributed by atoms with Gasteiger partial charge in [-0.15, -0.1) is 0 Å². The van der Waals surface area contributed by atoms with Gasteiger partial charge < -0.3 is 5.32 Å². The van der Waals surface area contributed by atoms with Gasteiger partial charge in [-0.05, 0) is 60.9 Å². The summed E-state index contributed by atoms with van der Waals surface area (Å²) in [5.74, 6) is -0.0352. The lowest BCUT2D eigenvalue weighted by molar-refractivity contribution is 0.0935. The zero-order valence-corrected chi connectivity index (χ0v) is 13.0. The Bertz CT molecular complexity index is 652. The number of nitrogens with zero attached hydrogens (tertiary/aromatic N) is 1. The molecule has 1 heterocycles. The quantitative estimate of drug-likeness (QED) is 0.931. The number of aromatic nitrogens is 1. The van der Waals surface area contributed by atoms with Gasteiger partial charge in [-0.1, -0.05) is 25.1 Å². The second-order valence-corrected chi connectivity index (χ2v) is 5.91. The van der Waals surface area contributed by atoms with Crippen molar-refractivity contribution in [1.29, 1.82) is 0 Å². The second-order valence-electron chi connectivity index (χ2n) is 5.91. The summed E-state index contributed by atoms with van der Waals surface area (Å²) < 4.78 is 0. The van der Waals surface area contributed by atoms with Gasteiger partial charge in [0.05, 0.1) is 6.04 Å². The highest BCUT2D eigenvalue weighted by Gasteiger charge is 2.16. The molecule has 0 saturated heterocycles. The van der Waals surface area contributed by atoms with Crippen molar-refractivity contribution >= 4 is 5.91 Å². The molecule has 1 aromatic heterocycles. The van der Waals surface area contributed by atoms with Crippen LogP contribution in [0.4, 0.5) is 0 Å². The number of hydrogen-bond acceptors (Lipinski definition) is 2. The summed E-state index contributed by atoms with van der Waals surface area (Å²) in [6.45, 7) is 2.11. The predicted molar refractivity (Wildman–Crippen MR) is 87.8 cm³/mol. The minimum Gasteiger partial charge on any atom is -0.345 e. The fourth-order valence-corrected chi connectivity index (χ4v) is 3.14. The number of hydrogen-bond donors (Lipinski definition) is 1. The molecule has 0 radical (unpaired) electrons. The van der Waals surface area contributed by atoms with E-state index in [0.29, 0.717) is 5.56 Å². The van der Waals surface area contributed by atoms with Crippen molar-refractivity contribution in [3.05, 3.63) is 65.0 Å². The number of rotatable bonds is 4. The van der Waals surface area contributed by atoms with Crippen LogP contribution in [0.25, 0.3) is 0 Å². The molecule has 22 heavy (non-hydrogen) atoms. The average molecular weight is 294 g/mol. The summed E-state index contributed by atoms with van der Waals surface area (Å²) in [5, 5.41) is 3.14. The highest BCUT2D eigenvalue weighted by molar-refractivity contribution is 5.94. The Labute approximate surface area is 131 Å². The molecule has 2 aromatic rings. The van der Waals surface area contributed by atoms with Gasteiger partial charge in [-0.2, -0.15) is 0 Å². The molecular weight excluding hydrogens is 272 g/mol. The first-order chi connectivity index (χ1) is 10.8. The van der Waals surface area contributed by atoms with Gasteiger partial charge in [-0.3, -0.25) is 9.78 Å². The Morgan fingerprint density at radius 2 is 1.86 bits per heavy atom. The Morgan fingerprint density at radius 1 is 1.14 bits per heavy atom. The maximum absolute atomic E-state index is 12.3. The highest BCUT2D eigenvalue weighted by atomic mass is 16.1. The van der Waals surface area contributed by atoms with Crippen LogP contribution in [-0.2, 0) is 12.8 Å². The number of pyridine rings is 1. The molecule has 3 rings (SSSR count). The number of carbonyl (C=O) groups is 1. The van der Waals surface area contributed by atoms with Crippen LogP contribution in [0.5, 0.6) is 0 Å². The van der Waals surface area contributed by atoms with E-state index in [-0.39, 0.29) is 11.9 Å². The van der Waals surface area contributed by atoms with E-state index in [1.807, 2.05) is 0 Å². The van der Waals surface area contributed by atoms with E-state index in [0.717, 1.165) is 12.8 Å². The molecule has 1 aliphatic rings. The monoisotopic (exact) mass is 294 g/mol.